The van der Waals surface area contributed by atoms with Crippen molar-refractivity contribution in [2.75, 3.05) is 27.4 Å². The Kier molecular flexibility index (Phi) is 5.63. The molecule has 1 amide bonds. The molecular weight excluding hydrogens is 270 g/mol. The second-order valence-electron chi connectivity index (χ2n) is 4.83. The Morgan fingerprint density at radius 2 is 2.19 bits per heavy atom. The van der Waals surface area contributed by atoms with Crippen molar-refractivity contribution in [3.05, 3.63) is 29.8 Å². The zero-order valence-corrected chi connectivity index (χ0v) is 12.4. The molecule has 0 bridgehead atoms. The quantitative estimate of drug-likeness (QED) is 0.815. The predicted molar refractivity (Wildman–Crippen MR) is 80.6 cm³/mol. The fraction of sp³-hybridized carbons (Fsp3) is 0.438. The fourth-order valence-corrected chi connectivity index (χ4v) is 2.21. The zero-order valence-electron chi connectivity index (χ0n) is 12.4. The van der Waals surface area contributed by atoms with Gasteiger partial charge in [0, 0.05) is 19.2 Å². The molecule has 114 valence electrons. The Labute approximate surface area is 124 Å². The van der Waals surface area contributed by atoms with Crippen molar-refractivity contribution in [1.29, 1.82) is 0 Å². The molecular formula is C16H21NO4. The van der Waals surface area contributed by atoms with Crippen LogP contribution in [0.4, 0.5) is 0 Å². The second kappa shape index (κ2) is 7.69. The highest BCUT2D eigenvalue weighted by Gasteiger charge is 2.15. The number of nitrogens with one attached hydrogen (secondary N) is 1. The molecule has 0 saturated carbocycles. The van der Waals surface area contributed by atoms with Crippen LogP contribution in [0.25, 0.3) is 6.08 Å². The van der Waals surface area contributed by atoms with E-state index in [1.807, 2.05) is 18.2 Å². The zero-order chi connectivity index (χ0) is 15.1. The van der Waals surface area contributed by atoms with Crippen LogP contribution >= 0.6 is 0 Å². The molecule has 1 aliphatic heterocycles. The second-order valence-corrected chi connectivity index (χ2v) is 4.83. The maximum Gasteiger partial charge on any atom is 0.244 e. The van der Waals surface area contributed by atoms with Crippen LogP contribution < -0.4 is 14.8 Å². The lowest BCUT2D eigenvalue weighted by Gasteiger charge is -2.09. The molecule has 1 aromatic rings. The Bertz CT molecular complexity index is 507. The molecule has 21 heavy (non-hydrogen) atoms. The minimum absolute atomic E-state index is 0.125. The van der Waals surface area contributed by atoms with E-state index in [4.69, 9.17) is 14.2 Å². The smallest absolute Gasteiger partial charge is 0.244 e. The van der Waals surface area contributed by atoms with Crippen LogP contribution in [0.15, 0.2) is 24.3 Å². The van der Waals surface area contributed by atoms with Crippen molar-refractivity contribution in [3.8, 4) is 11.5 Å². The van der Waals surface area contributed by atoms with Crippen molar-refractivity contribution >= 4 is 12.0 Å². The fourth-order valence-electron chi connectivity index (χ4n) is 2.21. The number of carbonyl (C=O) groups excluding carboxylic acids is 1. The van der Waals surface area contributed by atoms with Gasteiger partial charge in [-0.2, -0.15) is 0 Å². The Hall–Kier alpha value is -2.01. The van der Waals surface area contributed by atoms with Crippen molar-refractivity contribution in [2.45, 2.75) is 18.9 Å². The molecule has 1 atom stereocenters. The van der Waals surface area contributed by atoms with Crippen molar-refractivity contribution in [2.24, 2.45) is 0 Å². The lowest BCUT2D eigenvalue weighted by molar-refractivity contribution is -0.116. The lowest BCUT2D eigenvalue weighted by atomic mass is 10.2. The highest BCUT2D eigenvalue weighted by molar-refractivity contribution is 5.91. The van der Waals surface area contributed by atoms with Gasteiger partial charge < -0.3 is 19.5 Å². The van der Waals surface area contributed by atoms with E-state index in [1.54, 1.807) is 20.3 Å². The monoisotopic (exact) mass is 291 g/mol. The van der Waals surface area contributed by atoms with Crippen molar-refractivity contribution in [3.63, 3.8) is 0 Å². The van der Waals surface area contributed by atoms with Gasteiger partial charge in [0.1, 0.15) is 0 Å². The topological polar surface area (TPSA) is 56.8 Å². The molecule has 1 fully saturated rings. The summed E-state index contributed by atoms with van der Waals surface area (Å²) in [5, 5.41) is 2.84. The maximum absolute atomic E-state index is 11.7. The molecule has 1 unspecified atom stereocenters. The molecule has 5 heteroatoms. The van der Waals surface area contributed by atoms with Crippen molar-refractivity contribution < 1.29 is 19.0 Å². The molecule has 1 aromatic carbocycles. The summed E-state index contributed by atoms with van der Waals surface area (Å²) in [6.45, 7) is 1.36. The van der Waals surface area contributed by atoms with E-state index in [0.29, 0.717) is 18.0 Å². The summed E-state index contributed by atoms with van der Waals surface area (Å²) in [6, 6.07) is 5.50. The van der Waals surface area contributed by atoms with Gasteiger partial charge in [-0.1, -0.05) is 6.07 Å². The largest absolute Gasteiger partial charge is 0.493 e. The third-order valence-electron chi connectivity index (χ3n) is 3.36. The first kappa shape index (κ1) is 15.4. The number of benzene rings is 1. The molecule has 0 aromatic heterocycles. The molecule has 1 heterocycles. The summed E-state index contributed by atoms with van der Waals surface area (Å²) >= 11 is 0. The van der Waals surface area contributed by atoms with E-state index in [2.05, 4.69) is 5.32 Å². The van der Waals surface area contributed by atoms with Gasteiger partial charge in [0.15, 0.2) is 11.5 Å². The van der Waals surface area contributed by atoms with Crippen LogP contribution in [0.5, 0.6) is 11.5 Å². The van der Waals surface area contributed by atoms with Crippen LogP contribution in [-0.4, -0.2) is 39.4 Å². The Balaban J connectivity index is 1.88. The van der Waals surface area contributed by atoms with E-state index < -0.39 is 0 Å². The minimum Gasteiger partial charge on any atom is -0.493 e. The summed E-state index contributed by atoms with van der Waals surface area (Å²) < 4.78 is 15.8. The SMILES string of the molecule is COc1ccc(C=CC(=O)NCC2CCCO2)cc1OC. The van der Waals surface area contributed by atoms with Gasteiger partial charge in [0.05, 0.1) is 20.3 Å². The maximum atomic E-state index is 11.7. The van der Waals surface area contributed by atoms with E-state index >= 15 is 0 Å². The first-order valence-electron chi connectivity index (χ1n) is 7.02. The first-order chi connectivity index (χ1) is 10.2. The van der Waals surface area contributed by atoms with Crippen LogP contribution in [0, 0.1) is 0 Å². The third-order valence-corrected chi connectivity index (χ3v) is 3.36. The van der Waals surface area contributed by atoms with Crippen LogP contribution in [-0.2, 0) is 9.53 Å². The number of methoxy groups -OCH3 is 2. The molecule has 1 N–H and O–H groups in total. The first-order valence-corrected chi connectivity index (χ1v) is 7.02. The standard InChI is InChI=1S/C16H21NO4/c1-19-14-7-5-12(10-15(14)20-2)6-8-16(18)17-11-13-4-3-9-21-13/h5-8,10,13H,3-4,9,11H2,1-2H3,(H,17,18). The van der Waals surface area contributed by atoms with Crippen LogP contribution in [0.1, 0.15) is 18.4 Å². The Morgan fingerprint density at radius 3 is 2.86 bits per heavy atom. The van der Waals surface area contributed by atoms with Gasteiger partial charge in [-0.25, -0.2) is 0 Å². The number of ether oxygens (including phenoxy) is 3. The lowest BCUT2D eigenvalue weighted by Crippen LogP contribution is -2.30. The van der Waals surface area contributed by atoms with Gasteiger partial charge in [0.2, 0.25) is 5.91 Å². The highest BCUT2D eigenvalue weighted by atomic mass is 16.5. The van der Waals surface area contributed by atoms with Gasteiger partial charge in [-0.15, -0.1) is 0 Å². The third kappa shape index (κ3) is 4.49. The summed E-state index contributed by atoms with van der Waals surface area (Å²) in [4.78, 5) is 11.7. The average Bonchev–Trinajstić information content (AvgIpc) is 3.04. The molecule has 1 aliphatic rings. The normalized spacial score (nSPS) is 17.9. The molecule has 0 radical (unpaired) electrons. The molecule has 5 nitrogen and oxygen atoms in total. The van der Waals surface area contributed by atoms with Gasteiger partial charge in [-0.05, 0) is 36.6 Å². The average molecular weight is 291 g/mol. The summed E-state index contributed by atoms with van der Waals surface area (Å²) in [5.74, 6) is 1.18. The number of hydrogen-bond acceptors (Lipinski definition) is 4. The Morgan fingerprint density at radius 1 is 1.38 bits per heavy atom. The van der Waals surface area contributed by atoms with E-state index in [-0.39, 0.29) is 12.0 Å². The van der Waals surface area contributed by atoms with Crippen LogP contribution in [0.3, 0.4) is 0 Å². The summed E-state index contributed by atoms with van der Waals surface area (Å²) in [6.07, 6.45) is 5.49. The van der Waals surface area contributed by atoms with E-state index in [9.17, 15) is 4.79 Å². The molecule has 0 aliphatic carbocycles. The minimum atomic E-state index is -0.125. The molecule has 1 saturated heterocycles. The number of rotatable bonds is 6. The number of carbonyl (C=O) groups is 1. The van der Waals surface area contributed by atoms with E-state index in [1.165, 1.54) is 6.08 Å². The molecule has 2 rings (SSSR count). The van der Waals surface area contributed by atoms with Crippen molar-refractivity contribution in [1.82, 2.24) is 5.32 Å². The van der Waals surface area contributed by atoms with Gasteiger partial charge in [-0.3, -0.25) is 4.79 Å². The number of amides is 1. The van der Waals surface area contributed by atoms with Crippen LogP contribution in [0.2, 0.25) is 0 Å². The predicted octanol–water partition coefficient (Wildman–Crippen LogP) is 2.01. The van der Waals surface area contributed by atoms with Gasteiger partial charge in [0.25, 0.3) is 0 Å². The number of hydrogen-bond donors (Lipinski definition) is 1. The summed E-state index contributed by atoms with van der Waals surface area (Å²) in [7, 11) is 3.17. The van der Waals surface area contributed by atoms with E-state index in [0.717, 1.165) is 25.0 Å². The van der Waals surface area contributed by atoms with Gasteiger partial charge >= 0.3 is 0 Å². The summed E-state index contributed by atoms with van der Waals surface area (Å²) in [5.41, 5.74) is 0.875. The highest BCUT2D eigenvalue weighted by Crippen LogP contribution is 2.27. The molecule has 0 spiro atoms.